The van der Waals surface area contributed by atoms with Gasteiger partial charge in [0, 0.05) is 10.6 Å². The second kappa shape index (κ2) is 5.42. The van der Waals surface area contributed by atoms with Gasteiger partial charge in [0.2, 0.25) is 0 Å². The third kappa shape index (κ3) is 2.87. The molecule has 0 bridgehead atoms. The molecule has 1 fully saturated rings. The number of benzene rings is 1. The second-order valence-electron chi connectivity index (χ2n) is 6.69. The molecule has 20 heavy (non-hydrogen) atoms. The molecule has 0 atom stereocenters. The third-order valence-electron chi connectivity index (χ3n) is 4.51. The van der Waals surface area contributed by atoms with Crippen LogP contribution in [0.3, 0.4) is 0 Å². The zero-order valence-electron chi connectivity index (χ0n) is 12.6. The van der Waals surface area contributed by atoms with Crippen LogP contribution >= 0.6 is 11.6 Å². The van der Waals surface area contributed by atoms with Gasteiger partial charge < -0.3 is 5.11 Å². The molecule has 1 aromatic carbocycles. The maximum atomic E-state index is 10.2. The first-order chi connectivity index (χ1) is 9.25. The summed E-state index contributed by atoms with van der Waals surface area (Å²) in [6.45, 7) is 12.5. The van der Waals surface area contributed by atoms with E-state index < -0.39 is 0 Å². The van der Waals surface area contributed by atoms with Crippen LogP contribution in [0.4, 0.5) is 0 Å². The summed E-state index contributed by atoms with van der Waals surface area (Å²) in [4.78, 5) is 2.46. The van der Waals surface area contributed by atoms with Crippen LogP contribution in [-0.2, 0) is 5.41 Å². The number of rotatable bonds is 2. The molecule has 1 aliphatic rings. The molecule has 2 rings (SSSR count). The van der Waals surface area contributed by atoms with Crippen molar-refractivity contribution in [1.82, 2.24) is 4.90 Å². The summed E-state index contributed by atoms with van der Waals surface area (Å²) >= 11 is 5.97. The Kier molecular flexibility index (Phi) is 4.17. The van der Waals surface area contributed by atoms with Crippen LogP contribution in [0, 0.1) is 0 Å². The summed E-state index contributed by atoms with van der Waals surface area (Å²) < 4.78 is 0. The van der Waals surface area contributed by atoms with Crippen molar-refractivity contribution in [2.75, 3.05) is 13.1 Å². The topological polar surface area (TPSA) is 23.5 Å². The van der Waals surface area contributed by atoms with Gasteiger partial charge in [-0.1, -0.05) is 30.3 Å². The Bertz CT molecular complexity index is 479. The van der Waals surface area contributed by atoms with Gasteiger partial charge in [0.1, 0.15) is 0 Å². The fourth-order valence-corrected chi connectivity index (χ4v) is 3.20. The highest BCUT2D eigenvalue weighted by Crippen LogP contribution is 2.41. The molecule has 1 aromatic rings. The quantitative estimate of drug-likeness (QED) is 0.809. The van der Waals surface area contributed by atoms with E-state index in [0.29, 0.717) is 0 Å². The van der Waals surface area contributed by atoms with Crippen molar-refractivity contribution in [3.63, 3.8) is 0 Å². The van der Waals surface area contributed by atoms with Gasteiger partial charge in [-0.3, -0.25) is 4.90 Å². The summed E-state index contributed by atoms with van der Waals surface area (Å²) in [7, 11) is 0. The van der Waals surface area contributed by atoms with Crippen molar-refractivity contribution in [1.29, 1.82) is 0 Å². The molecular weight excluding hydrogens is 270 g/mol. The number of hydrogen-bond acceptors (Lipinski definition) is 2. The van der Waals surface area contributed by atoms with E-state index in [-0.39, 0.29) is 16.7 Å². The first-order valence-electron chi connectivity index (χ1n) is 7.15. The van der Waals surface area contributed by atoms with Gasteiger partial charge in [0.05, 0.1) is 11.2 Å². The zero-order valence-corrected chi connectivity index (χ0v) is 13.4. The SMILES string of the molecule is C=C(O)C1(c2ccc(Cl)cc2)CCN(C(C)(C)C)CC1. The lowest BCUT2D eigenvalue weighted by molar-refractivity contribution is 0.0713. The maximum absolute atomic E-state index is 10.2. The van der Waals surface area contributed by atoms with E-state index in [2.05, 4.69) is 32.3 Å². The smallest absolute Gasteiger partial charge is 0.0957 e. The van der Waals surface area contributed by atoms with Crippen molar-refractivity contribution in [2.24, 2.45) is 0 Å². The van der Waals surface area contributed by atoms with Gasteiger partial charge in [-0.25, -0.2) is 0 Å². The Morgan fingerprint density at radius 3 is 2.10 bits per heavy atom. The number of aliphatic hydroxyl groups excluding tert-OH is 1. The highest BCUT2D eigenvalue weighted by molar-refractivity contribution is 6.30. The third-order valence-corrected chi connectivity index (χ3v) is 4.77. The van der Waals surface area contributed by atoms with E-state index in [1.54, 1.807) is 0 Å². The molecular formula is C17H24ClNO. The second-order valence-corrected chi connectivity index (χ2v) is 7.13. The van der Waals surface area contributed by atoms with Gasteiger partial charge >= 0.3 is 0 Å². The minimum atomic E-state index is -0.327. The predicted molar refractivity (Wildman–Crippen MR) is 85.5 cm³/mol. The molecule has 1 heterocycles. The van der Waals surface area contributed by atoms with Crippen molar-refractivity contribution in [3.05, 3.63) is 47.2 Å². The van der Waals surface area contributed by atoms with Crippen molar-refractivity contribution in [3.8, 4) is 0 Å². The number of halogens is 1. The van der Waals surface area contributed by atoms with E-state index in [1.807, 2.05) is 24.3 Å². The molecule has 0 aromatic heterocycles. The lowest BCUT2D eigenvalue weighted by Gasteiger charge is -2.46. The summed E-state index contributed by atoms with van der Waals surface area (Å²) in [5, 5.41) is 10.9. The summed E-state index contributed by atoms with van der Waals surface area (Å²) in [5.41, 5.74) is 0.956. The molecule has 0 radical (unpaired) electrons. The molecule has 3 heteroatoms. The van der Waals surface area contributed by atoms with E-state index in [9.17, 15) is 5.11 Å². The van der Waals surface area contributed by atoms with Gasteiger partial charge in [-0.15, -0.1) is 0 Å². The summed E-state index contributed by atoms with van der Waals surface area (Å²) in [5.74, 6) is 0.272. The van der Waals surface area contributed by atoms with Gasteiger partial charge in [0.15, 0.2) is 0 Å². The van der Waals surface area contributed by atoms with Crippen molar-refractivity contribution < 1.29 is 5.11 Å². The molecule has 0 spiro atoms. The number of nitrogens with zero attached hydrogens (tertiary/aromatic N) is 1. The van der Waals surface area contributed by atoms with E-state index in [4.69, 9.17) is 11.6 Å². The number of hydrogen-bond donors (Lipinski definition) is 1. The van der Waals surface area contributed by atoms with Crippen LogP contribution in [-0.4, -0.2) is 28.6 Å². The number of likely N-dealkylation sites (tertiary alicyclic amines) is 1. The number of piperidine rings is 1. The fourth-order valence-electron chi connectivity index (χ4n) is 3.07. The van der Waals surface area contributed by atoms with Crippen LogP contribution in [0.25, 0.3) is 0 Å². The van der Waals surface area contributed by atoms with Crippen molar-refractivity contribution >= 4 is 11.6 Å². The number of allylic oxidation sites excluding steroid dienone is 1. The Hall–Kier alpha value is -0.990. The lowest BCUT2D eigenvalue weighted by Crippen LogP contribution is -2.50. The highest BCUT2D eigenvalue weighted by atomic mass is 35.5. The van der Waals surface area contributed by atoms with Gasteiger partial charge in [0.25, 0.3) is 0 Å². The molecule has 0 saturated carbocycles. The predicted octanol–water partition coefficient (Wildman–Crippen LogP) is 4.54. The molecule has 1 N–H and O–H groups in total. The van der Waals surface area contributed by atoms with Gasteiger partial charge in [-0.2, -0.15) is 0 Å². The zero-order chi connectivity index (χ0) is 15.0. The summed E-state index contributed by atoms with van der Waals surface area (Å²) in [6, 6.07) is 7.79. The molecule has 0 aliphatic carbocycles. The van der Waals surface area contributed by atoms with E-state index in [1.165, 1.54) is 0 Å². The normalized spacial score (nSPS) is 19.8. The Morgan fingerprint density at radius 1 is 1.20 bits per heavy atom. The minimum absolute atomic E-state index is 0.170. The average Bonchev–Trinajstić information content (AvgIpc) is 2.38. The Balaban J connectivity index is 2.26. The molecule has 0 unspecified atom stereocenters. The molecule has 1 saturated heterocycles. The van der Waals surface area contributed by atoms with E-state index in [0.717, 1.165) is 36.5 Å². The first-order valence-corrected chi connectivity index (χ1v) is 7.53. The fraction of sp³-hybridized carbons (Fsp3) is 0.529. The maximum Gasteiger partial charge on any atom is 0.0957 e. The van der Waals surface area contributed by atoms with Crippen LogP contribution < -0.4 is 0 Å². The van der Waals surface area contributed by atoms with Crippen LogP contribution in [0.15, 0.2) is 36.6 Å². The lowest BCUT2D eigenvalue weighted by atomic mass is 9.71. The molecule has 2 nitrogen and oxygen atoms in total. The molecule has 0 amide bonds. The monoisotopic (exact) mass is 293 g/mol. The first kappa shape index (κ1) is 15.4. The van der Waals surface area contributed by atoms with Crippen molar-refractivity contribution in [2.45, 2.75) is 44.6 Å². The largest absolute Gasteiger partial charge is 0.512 e. The van der Waals surface area contributed by atoms with E-state index >= 15 is 0 Å². The highest BCUT2D eigenvalue weighted by Gasteiger charge is 2.41. The Morgan fingerprint density at radius 2 is 1.70 bits per heavy atom. The Labute approximate surface area is 127 Å². The average molecular weight is 294 g/mol. The van der Waals surface area contributed by atoms with Crippen LogP contribution in [0.2, 0.25) is 5.02 Å². The number of aliphatic hydroxyl groups is 1. The minimum Gasteiger partial charge on any atom is -0.512 e. The standard InChI is InChI=1S/C17H24ClNO/c1-13(20)17(14-5-7-15(18)8-6-14)9-11-19(12-10-17)16(2,3)4/h5-8,20H,1,9-12H2,2-4H3. The van der Waals surface area contributed by atoms with Crippen LogP contribution in [0.5, 0.6) is 0 Å². The van der Waals surface area contributed by atoms with Crippen LogP contribution in [0.1, 0.15) is 39.2 Å². The molecule has 110 valence electrons. The van der Waals surface area contributed by atoms with Gasteiger partial charge in [-0.05, 0) is 64.4 Å². The summed E-state index contributed by atoms with van der Waals surface area (Å²) in [6.07, 6.45) is 1.78. The molecule has 1 aliphatic heterocycles.